The number of halogens is 1. The van der Waals surface area contributed by atoms with Gasteiger partial charge in [0, 0.05) is 23.9 Å². The van der Waals surface area contributed by atoms with Crippen LogP contribution in [0.25, 0.3) is 0 Å². The maximum Gasteiger partial charge on any atom is 0.223 e. The maximum atomic E-state index is 12.9. The van der Waals surface area contributed by atoms with Gasteiger partial charge in [-0.15, -0.1) is 0 Å². The number of ketones is 1. The summed E-state index contributed by atoms with van der Waals surface area (Å²) < 4.78 is 12.9. The third-order valence-electron chi connectivity index (χ3n) is 6.08. The number of Topliss-reactive ketones (excluding diaryl/α,β-unsaturated/α-hetero) is 1. The molecule has 1 N–H and O–H groups in total. The highest BCUT2D eigenvalue weighted by atomic mass is 19.1. The van der Waals surface area contributed by atoms with Crippen molar-refractivity contribution in [2.24, 2.45) is 29.6 Å². The van der Waals surface area contributed by atoms with Crippen molar-refractivity contribution < 1.29 is 14.0 Å². The van der Waals surface area contributed by atoms with Gasteiger partial charge < -0.3 is 5.32 Å². The summed E-state index contributed by atoms with van der Waals surface area (Å²) in [6, 6.07) is 5.39. The van der Waals surface area contributed by atoms with E-state index in [9.17, 15) is 14.0 Å². The van der Waals surface area contributed by atoms with Crippen LogP contribution in [0.4, 0.5) is 4.39 Å². The van der Waals surface area contributed by atoms with E-state index in [4.69, 9.17) is 0 Å². The van der Waals surface area contributed by atoms with E-state index in [1.165, 1.54) is 43.5 Å². The number of hydrogen-bond donors (Lipinski definition) is 1. The molecular weight excluding hydrogens is 293 g/mol. The summed E-state index contributed by atoms with van der Waals surface area (Å²) in [4.78, 5) is 24.6. The predicted molar refractivity (Wildman–Crippen MR) is 84.3 cm³/mol. The molecule has 122 valence electrons. The van der Waals surface area contributed by atoms with Gasteiger partial charge in [0.1, 0.15) is 5.82 Å². The van der Waals surface area contributed by atoms with E-state index < -0.39 is 0 Å². The molecule has 3 aliphatic rings. The quantitative estimate of drug-likeness (QED) is 0.848. The topological polar surface area (TPSA) is 46.2 Å². The zero-order chi connectivity index (χ0) is 16.1. The highest BCUT2D eigenvalue weighted by molar-refractivity contribution is 5.96. The molecular formula is C19H22FNO2. The zero-order valence-corrected chi connectivity index (χ0v) is 13.3. The molecule has 0 saturated heterocycles. The first-order valence-corrected chi connectivity index (χ1v) is 8.63. The van der Waals surface area contributed by atoms with Crippen molar-refractivity contribution in [1.82, 2.24) is 5.32 Å². The van der Waals surface area contributed by atoms with E-state index in [1.807, 2.05) is 6.92 Å². The van der Waals surface area contributed by atoms with Crippen LogP contribution in [0.2, 0.25) is 0 Å². The number of rotatable bonds is 5. The SMILES string of the molecule is C[C@H](CC(=O)c1ccc(F)cc1)NC(=O)C1[C@@H]2[C@H]3CC[C@@H](C3)[C@@H]12. The molecule has 0 aliphatic heterocycles. The van der Waals surface area contributed by atoms with Crippen LogP contribution in [-0.4, -0.2) is 17.7 Å². The molecule has 0 spiro atoms. The molecule has 1 amide bonds. The lowest BCUT2D eigenvalue weighted by atomic mass is 10.0. The molecule has 1 aromatic rings. The van der Waals surface area contributed by atoms with Crippen LogP contribution in [0.3, 0.4) is 0 Å². The largest absolute Gasteiger partial charge is 0.353 e. The van der Waals surface area contributed by atoms with Crippen molar-refractivity contribution >= 4 is 11.7 Å². The molecule has 0 unspecified atom stereocenters. The number of carbonyl (C=O) groups excluding carboxylic acids is 2. The molecule has 0 aromatic heterocycles. The highest BCUT2D eigenvalue weighted by Gasteiger charge is 2.67. The fourth-order valence-electron chi connectivity index (χ4n) is 5.10. The van der Waals surface area contributed by atoms with E-state index in [2.05, 4.69) is 5.32 Å². The minimum atomic E-state index is -0.349. The van der Waals surface area contributed by atoms with E-state index in [-0.39, 0.29) is 35.9 Å². The van der Waals surface area contributed by atoms with Crippen LogP contribution >= 0.6 is 0 Å². The van der Waals surface area contributed by atoms with Crippen molar-refractivity contribution in [2.45, 2.75) is 38.6 Å². The Kier molecular flexibility index (Phi) is 3.51. The van der Waals surface area contributed by atoms with Crippen molar-refractivity contribution in [1.29, 1.82) is 0 Å². The van der Waals surface area contributed by atoms with Gasteiger partial charge in [0.2, 0.25) is 5.91 Å². The van der Waals surface area contributed by atoms with Crippen molar-refractivity contribution in [3.63, 3.8) is 0 Å². The Morgan fingerprint density at radius 2 is 1.78 bits per heavy atom. The van der Waals surface area contributed by atoms with E-state index in [0.717, 1.165) is 11.8 Å². The van der Waals surface area contributed by atoms with Crippen molar-refractivity contribution in [3.8, 4) is 0 Å². The molecule has 23 heavy (non-hydrogen) atoms. The summed E-state index contributed by atoms with van der Waals surface area (Å²) >= 11 is 0. The van der Waals surface area contributed by atoms with Gasteiger partial charge >= 0.3 is 0 Å². The smallest absolute Gasteiger partial charge is 0.223 e. The van der Waals surface area contributed by atoms with Crippen LogP contribution in [0.1, 0.15) is 43.0 Å². The molecule has 3 nitrogen and oxygen atoms in total. The first-order chi connectivity index (χ1) is 11.0. The summed E-state index contributed by atoms with van der Waals surface area (Å²) in [7, 11) is 0. The molecule has 3 fully saturated rings. The Hall–Kier alpha value is -1.71. The van der Waals surface area contributed by atoms with E-state index in [1.54, 1.807) is 0 Å². The monoisotopic (exact) mass is 315 g/mol. The molecule has 3 aliphatic carbocycles. The fraction of sp³-hybridized carbons (Fsp3) is 0.579. The van der Waals surface area contributed by atoms with Crippen molar-refractivity contribution in [3.05, 3.63) is 35.6 Å². The first-order valence-electron chi connectivity index (χ1n) is 8.63. The molecule has 2 bridgehead atoms. The second-order valence-electron chi connectivity index (χ2n) is 7.56. The maximum absolute atomic E-state index is 12.9. The summed E-state index contributed by atoms with van der Waals surface area (Å²) in [5.41, 5.74) is 0.494. The third kappa shape index (κ3) is 2.58. The lowest BCUT2D eigenvalue weighted by Crippen LogP contribution is -2.36. The van der Waals surface area contributed by atoms with E-state index in [0.29, 0.717) is 17.4 Å². The molecule has 3 saturated carbocycles. The van der Waals surface area contributed by atoms with E-state index >= 15 is 0 Å². The van der Waals surface area contributed by atoms with Gasteiger partial charge in [-0.25, -0.2) is 4.39 Å². The average Bonchev–Trinajstić information content (AvgIpc) is 2.96. The minimum absolute atomic E-state index is 0.0612. The number of carbonyl (C=O) groups is 2. The Bertz CT molecular complexity index is 625. The Morgan fingerprint density at radius 1 is 1.17 bits per heavy atom. The normalized spacial score (nSPS) is 34.8. The minimum Gasteiger partial charge on any atom is -0.353 e. The second kappa shape index (κ2) is 5.43. The van der Waals surface area contributed by atoms with Gasteiger partial charge in [-0.2, -0.15) is 0 Å². The highest BCUT2D eigenvalue weighted by Crippen LogP contribution is 2.69. The number of amides is 1. The fourth-order valence-corrected chi connectivity index (χ4v) is 5.10. The summed E-state index contributed by atoms with van der Waals surface area (Å²) in [5, 5.41) is 3.02. The van der Waals surface area contributed by atoms with Gasteiger partial charge in [-0.1, -0.05) is 0 Å². The second-order valence-corrected chi connectivity index (χ2v) is 7.56. The number of benzene rings is 1. The molecule has 5 atom stereocenters. The van der Waals surface area contributed by atoms with Crippen LogP contribution < -0.4 is 5.32 Å². The van der Waals surface area contributed by atoms with Gasteiger partial charge in [0.25, 0.3) is 0 Å². The zero-order valence-electron chi connectivity index (χ0n) is 13.3. The number of hydrogen-bond acceptors (Lipinski definition) is 2. The Balaban J connectivity index is 1.30. The lowest BCUT2D eigenvalue weighted by Gasteiger charge is -2.15. The van der Waals surface area contributed by atoms with Gasteiger partial charge in [0.15, 0.2) is 5.78 Å². The van der Waals surface area contributed by atoms with Gasteiger partial charge in [-0.05, 0) is 74.1 Å². The first kappa shape index (κ1) is 14.9. The standard InChI is InChI=1S/C19H22FNO2/c1-10(8-15(22)11-4-6-14(20)7-5-11)21-19(23)18-16-12-2-3-13(9-12)17(16)18/h4-7,10,12-13,16-18H,2-3,8-9H2,1H3,(H,21,23)/t10-,12+,13+,16-,17-/m1/s1. The molecule has 0 radical (unpaired) electrons. The number of fused-ring (bicyclic) bond motifs is 5. The molecule has 1 aromatic carbocycles. The van der Waals surface area contributed by atoms with Gasteiger partial charge in [0.05, 0.1) is 0 Å². The molecule has 4 rings (SSSR count). The van der Waals surface area contributed by atoms with Crippen LogP contribution in [-0.2, 0) is 4.79 Å². The molecule has 0 heterocycles. The predicted octanol–water partition coefficient (Wildman–Crippen LogP) is 3.20. The Morgan fingerprint density at radius 3 is 2.39 bits per heavy atom. The van der Waals surface area contributed by atoms with Crippen LogP contribution in [0, 0.1) is 35.4 Å². The molecule has 4 heteroatoms. The van der Waals surface area contributed by atoms with Gasteiger partial charge in [-0.3, -0.25) is 9.59 Å². The summed E-state index contributed by atoms with van der Waals surface area (Å²) in [5.74, 6) is 2.71. The summed E-state index contributed by atoms with van der Waals surface area (Å²) in [6.45, 7) is 1.87. The number of nitrogens with one attached hydrogen (secondary N) is 1. The summed E-state index contributed by atoms with van der Waals surface area (Å²) in [6.07, 6.45) is 4.19. The Labute approximate surface area is 135 Å². The van der Waals surface area contributed by atoms with Crippen LogP contribution in [0.15, 0.2) is 24.3 Å². The van der Waals surface area contributed by atoms with Crippen LogP contribution in [0.5, 0.6) is 0 Å². The third-order valence-corrected chi connectivity index (χ3v) is 6.08. The average molecular weight is 315 g/mol. The lowest BCUT2D eigenvalue weighted by molar-refractivity contribution is -0.123. The van der Waals surface area contributed by atoms with Crippen molar-refractivity contribution in [2.75, 3.05) is 0 Å².